The van der Waals surface area contributed by atoms with E-state index >= 15 is 0 Å². The van der Waals surface area contributed by atoms with Crippen molar-refractivity contribution in [3.8, 4) is 0 Å². The molecule has 148 valence electrons. The molecule has 0 spiro atoms. The molecule has 0 saturated heterocycles. The van der Waals surface area contributed by atoms with Crippen LogP contribution in [0, 0.1) is 5.92 Å². The van der Waals surface area contributed by atoms with Gasteiger partial charge in [0.25, 0.3) is 0 Å². The van der Waals surface area contributed by atoms with Gasteiger partial charge in [-0.2, -0.15) is 0 Å². The number of carbonyl (C=O) groups is 3. The van der Waals surface area contributed by atoms with E-state index in [2.05, 4.69) is 4.74 Å². The highest BCUT2D eigenvalue weighted by atomic mass is 16.6. The molecule has 26 heavy (non-hydrogen) atoms. The summed E-state index contributed by atoms with van der Waals surface area (Å²) in [4.78, 5) is 33.1. The Morgan fingerprint density at radius 2 is 1.65 bits per heavy atom. The van der Waals surface area contributed by atoms with Crippen LogP contribution in [0.5, 0.6) is 0 Å². The Morgan fingerprint density at radius 3 is 2.12 bits per heavy atom. The number of hydrogen-bond donors (Lipinski definition) is 2. The van der Waals surface area contributed by atoms with Crippen molar-refractivity contribution in [2.24, 2.45) is 5.92 Å². The zero-order valence-electron chi connectivity index (χ0n) is 15.6. The molecule has 3 atom stereocenters. The first-order valence-electron chi connectivity index (χ1n) is 9.31. The number of carbonyl (C=O) groups excluding carboxylic acids is 2. The van der Waals surface area contributed by atoms with Crippen molar-refractivity contribution in [2.75, 3.05) is 0 Å². The number of carboxylic acids is 1. The average molecular weight is 370 g/mol. The Hall–Kier alpha value is -1.89. The summed E-state index contributed by atoms with van der Waals surface area (Å²) in [5.74, 6) is -2.09. The largest absolute Gasteiger partial charge is 0.481 e. The number of unbranched alkanes of at least 4 members (excludes halogenated alkanes) is 6. The fourth-order valence-corrected chi connectivity index (χ4v) is 2.95. The van der Waals surface area contributed by atoms with Gasteiger partial charge in [0.1, 0.15) is 6.10 Å². The minimum atomic E-state index is -1.33. The lowest BCUT2D eigenvalue weighted by Crippen LogP contribution is -2.25. The van der Waals surface area contributed by atoms with Crippen molar-refractivity contribution in [2.45, 2.75) is 84.0 Å². The lowest BCUT2D eigenvalue weighted by atomic mass is 10.00. The maximum atomic E-state index is 11.2. The molecule has 1 aliphatic rings. The van der Waals surface area contributed by atoms with Crippen LogP contribution < -0.4 is 0 Å². The predicted molar refractivity (Wildman–Crippen MR) is 94.1 cm³/mol. The number of ether oxygens (including phenoxy) is 2. The number of esters is 2. The highest BCUT2D eigenvalue weighted by Crippen LogP contribution is 2.24. The van der Waals surface area contributed by atoms with Gasteiger partial charge in [-0.05, 0) is 19.3 Å². The Labute approximate surface area is 154 Å². The number of aliphatic hydroxyl groups excluding tert-OH is 1. The first kappa shape index (κ1) is 22.2. The molecule has 0 fully saturated rings. The van der Waals surface area contributed by atoms with Crippen molar-refractivity contribution in [3.05, 3.63) is 11.6 Å². The third kappa shape index (κ3) is 8.47. The van der Waals surface area contributed by atoms with E-state index in [1.807, 2.05) is 0 Å². The number of aliphatic carboxylic acids is 1. The molecule has 0 aromatic heterocycles. The van der Waals surface area contributed by atoms with E-state index in [0.717, 1.165) is 51.4 Å². The summed E-state index contributed by atoms with van der Waals surface area (Å²) in [6, 6.07) is 0. The van der Waals surface area contributed by atoms with E-state index in [-0.39, 0.29) is 5.92 Å². The van der Waals surface area contributed by atoms with Crippen LogP contribution in [-0.4, -0.2) is 40.5 Å². The van der Waals surface area contributed by atoms with E-state index in [1.165, 1.54) is 13.0 Å². The van der Waals surface area contributed by atoms with Gasteiger partial charge in [-0.1, -0.05) is 45.4 Å². The second-order valence-electron chi connectivity index (χ2n) is 6.82. The number of rotatable bonds is 13. The zero-order valence-corrected chi connectivity index (χ0v) is 15.6. The molecular weight excluding hydrogens is 340 g/mol. The summed E-state index contributed by atoms with van der Waals surface area (Å²) in [7, 11) is 0. The van der Waals surface area contributed by atoms with Gasteiger partial charge in [-0.25, -0.2) is 4.79 Å². The van der Waals surface area contributed by atoms with E-state index in [0.29, 0.717) is 12.0 Å². The molecule has 0 radical (unpaired) electrons. The fraction of sp³-hybridized carbons (Fsp3) is 0.737. The Bertz CT molecular complexity index is 512. The molecule has 1 aliphatic heterocycles. The van der Waals surface area contributed by atoms with Crippen molar-refractivity contribution in [3.63, 3.8) is 0 Å². The van der Waals surface area contributed by atoms with Gasteiger partial charge in [-0.3, -0.25) is 9.59 Å². The first-order valence-corrected chi connectivity index (χ1v) is 9.31. The van der Waals surface area contributed by atoms with Gasteiger partial charge in [0.2, 0.25) is 6.29 Å². The van der Waals surface area contributed by atoms with Crippen molar-refractivity contribution in [1.29, 1.82) is 0 Å². The summed E-state index contributed by atoms with van der Waals surface area (Å²) >= 11 is 0. The van der Waals surface area contributed by atoms with Gasteiger partial charge in [0.05, 0.1) is 5.92 Å². The molecule has 0 bridgehead atoms. The molecule has 3 unspecified atom stereocenters. The third-order valence-electron chi connectivity index (χ3n) is 4.50. The van der Waals surface area contributed by atoms with E-state index in [4.69, 9.17) is 9.84 Å². The SMILES string of the molecule is CC(=O)OC(CCCCCCCCCC(C)C(=O)O)C1=CC(=O)OC1O. The molecule has 0 amide bonds. The summed E-state index contributed by atoms with van der Waals surface area (Å²) in [6.45, 7) is 3.03. The fourth-order valence-electron chi connectivity index (χ4n) is 2.95. The number of cyclic esters (lactones) is 1. The molecule has 1 heterocycles. The highest BCUT2D eigenvalue weighted by Gasteiger charge is 2.31. The second-order valence-corrected chi connectivity index (χ2v) is 6.82. The lowest BCUT2D eigenvalue weighted by Gasteiger charge is -2.19. The topological polar surface area (TPSA) is 110 Å². The Balaban J connectivity index is 2.17. The van der Waals surface area contributed by atoms with Crippen LogP contribution in [0.25, 0.3) is 0 Å². The summed E-state index contributed by atoms with van der Waals surface area (Å²) in [5.41, 5.74) is 0.303. The normalized spacial score (nSPS) is 18.8. The van der Waals surface area contributed by atoms with Crippen LogP contribution >= 0.6 is 0 Å². The van der Waals surface area contributed by atoms with Crippen LogP contribution in [0.4, 0.5) is 0 Å². The molecule has 7 nitrogen and oxygen atoms in total. The smallest absolute Gasteiger partial charge is 0.333 e. The van der Waals surface area contributed by atoms with E-state index in [9.17, 15) is 19.5 Å². The van der Waals surface area contributed by atoms with E-state index < -0.39 is 30.3 Å². The minimum Gasteiger partial charge on any atom is -0.481 e. The maximum Gasteiger partial charge on any atom is 0.333 e. The number of aliphatic hydroxyl groups is 1. The van der Waals surface area contributed by atoms with Gasteiger partial charge in [-0.15, -0.1) is 0 Å². The molecule has 0 aromatic rings. The standard InChI is InChI=1S/C19H30O7/c1-13(18(22)23)10-8-6-4-3-5-7-9-11-16(25-14(2)20)15-12-17(21)26-19(15)24/h12-13,16,19,24H,3-11H2,1-2H3,(H,22,23). The molecule has 0 saturated carbocycles. The monoisotopic (exact) mass is 370 g/mol. The van der Waals surface area contributed by atoms with Crippen LogP contribution in [0.2, 0.25) is 0 Å². The summed E-state index contributed by atoms with van der Waals surface area (Å²) < 4.78 is 9.85. The van der Waals surface area contributed by atoms with E-state index in [1.54, 1.807) is 6.92 Å². The number of hydrogen-bond acceptors (Lipinski definition) is 6. The molecule has 2 N–H and O–H groups in total. The zero-order chi connectivity index (χ0) is 19.5. The third-order valence-corrected chi connectivity index (χ3v) is 4.50. The maximum absolute atomic E-state index is 11.2. The van der Waals surface area contributed by atoms with Crippen LogP contribution in [-0.2, 0) is 23.9 Å². The molecule has 1 rings (SSSR count). The van der Waals surface area contributed by atoms with Gasteiger partial charge >= 0.3 is 17.9 Å². The second kappa shape index (κ2) is 11.7. The quantitative estimate of drug-likeness (QED) is 0.379. The van der Waals surface area contributed by atoms with Gasteiger partial charge in [0.15, 0.2) is 0 Å². The molecule has 0 aliphatic carbocycles. The number of carboxylic acid groups (broad SMARTS) is 1. The van der Waals surface area contributed by atoms with Crippen molar-refractivity contribution >= 4 is 17.9 Å². The van der Waals surface area contributed by atoms with Crippen LogP contribution in [0.3, 0.4) is 0 Å². The summed E-state index contributed by atoms with van der Waals surface area (Å²) in [6.07, 6.45) is 7.41. The van der Waals surface area contributed by atoms with Gasteiger partial charge in [0, 0.05) is 18.6 Å². The Kier molecular flexibility index (Phi) is 9.95. The van der Waals surface area contributed by atoms with Crippen molar-refractivity contribution < 1.29 is 34.1 Å². The van der Waals surface area contributed by atoms with Gasteiger partial charge < -0.3 is 19.7 Å². The molecular formula is C19H30O7. The lowest BCUT2D eigenvalue weighted by molar-refractivity contribution is -0.154. The van der Waals surface area contributed by atoms with Crippen LogP contribution in [0.1, 0.15) is 71.6 Å². The molecule has 0 aromatic carbocycles. The van der Waals surface area contributed by atoms with Crippen molar-refractivity contribution in [1.82, 2.24) is 0 Å². The summed E-state index contributed by atoms with van der Waals surface area (Å²) in [5, 5.41) is 18.5. The highest BCUT2D eigenvalue weighted by molar-refractivity contribution is 5.86. The average Bonchev–Trinajstić information content (AvgIpc) is 2.89. The first-order chi connectivity index (χ1) is 12.3. The predicted octanol–water partition coefficient (Wildman–Crippen LogP) is 2.95. The van der Waals surface area contributed by atoms with Crippen LogP contribution in [0.15, 0.2) is 11.6 Å². The Morgan fingerprint density at radius 1 is 1.12 bits per heavy atom. The minimum absolute atomic E-state index is 0.274. The molecule has 7 heteroatoms.